The van der Waals surface area contributed by atoms with E-state index in [1.54, 1.807) is 11.0 Å². The number of imidazole rings is 1. The summed E-state index contributed by atoms with van der Waals surface area (Å²) in [4.78, 5) is 16.2. The molecule has 0 spiro atoms. The number of hydrogen-bond donors (Lipinski definition) is 1. The van der Waals surface area contributed by atoms with Gasteiger partial charge in [0.25, 0.3) is 0 Å². The van der Waals surface area contributed by atoms with Gasteiger partial charge in [0.15, 0.2) is 17.0 Å². The van der Waals surface area contributed by atoms with Gasteiger partial charge in [0.1, 0.15) is 12.2 Å². The zero-order chi connectivity index (χ0) is 20.7. The van der Waals surface area contributed by atoms with Crippen molar-refractivity contribution in [2.45, 2.75) is 18.1 Å². The molecule has 156 valence electrons. The lowest BCUT2D eigenvalue weighted by Crippen LogP contribution is -2.45. The van der Waals surface area contributed by atoms with Crippen LogP contribution in [0.2, 0.25) is 0 Å². The number of aromatic nitrogens is 6. The summed E-state index contributed by atoms with van der Waals surface area (Å²) in [6, 6.07) is 0. The lowest BCUT2D eigenvalue weighted by Gasteiger charge is -2.36. The van der Waals surface area contributed by atoms with Gasteiger partial charge in [0.2, 0.25) is 0 Å². The Morgan fingerprint density at radius 2 is 1.97 bits per heavy atom. The van der Waals surface area contributed by atoms with Crippen molar-refractivity contribution in [3.63, 3.8) is 0 Å². The molecular formula is C20H25N9S. The van der Waals surface area contributed by atoms with E-state index in [9.17, 15) is 0 Å². The van der Waals surface area contributed by atoms with Crippen LogP contribution in [0.15, 0.2) is 30.9 Å². The van der Waals surface area contributed by atoms with Crippen molar-refractivity contribution in [3.05, 3.63) is 30.9 Å². The molecule has 1 fully saturated rings. The van der Waals surface area contributed by atoms with Gasteiger partial charge < -0.3 is 14.9 Å². The number of nitrogens with zero attached hydrogens (tertiary/aromatic N) is 8. The molecule has 0 bridgehead atoms. The second kappa shape index (κ2) is 7.84. The number of anilines is 1. The highest BCUT2D eigenvalue weighted by molar-refractivity contribution is 7.98. The van der Waals surface area contributed by atoms with Gasteiger partial charge in [-0.1, -0.05) is 18.0 Å². The first kappa shape index (κ1) is 19.3. The number of hydrogen-bond acceptors (Lipinski definition) is 8. The molecule has 1 N–H and O–H groups in total. The van der Waals surface area contributed by atoms with E-state index in [4.69, 9.17) is 10.4 Å². The third-order valence-corrected chi connectivity index (χ3v) is 7.06. The average Bonchev–Trinajstić information content (AvgIpc) is 3.33. The highest BCUT2D eigenvalue weighted by atomic mass is 32.2. The molecule has 2 aliphatic rings. The van der Waals surface area contributed by atoms with Crippen molar-refractivity contribution >= 4 is 34.6 Å². The van der Waals surface area contributed by atoms with Crippen molar-refractivity contribution in [2.24, 2.45) is 14.1 Å². The standard InChI is InChI=1S/C20H25N9S/c1-26-12-14(11-24-26)18-25-17-19(27(18)2)22-13-23-20(17)28-7-9-29(10-8-28)30-16-6-4-3-5-15(16)21/h3,5,11-13,16,21H,4,6-10H2,1-2H3. The van der Waals surface area contributed by atoms with E-state index >= 15 is 0 Å². The molecule has 0 saturated carbocycles. The first-order valence-corrected chi connectivity index (χ1v) is 11.0. The molecule has 0 radical (unpaired) electrons. The first-order valence-electron chi connectivity index (χ1n) is 10.2. The molecule has 3 aromatic heterocycles. The van der Waals surface area contributed by atoms with Crippen LogP contribution in [0.5, 0.6) is 0 Å². The Labute approximate surface area is 179 Å². The third-order valence-electron chi connectivity index (χ3n) is 5.65. The molecule has 1 unspecified atom stereocenters. The summed E-state index contributed by atoms with van der Waals surface area (Å²) < 4.78 is 6.18. The maximum atomic E-state index is 8.15. The minimum absolute atomic E-state index is 0.283. The van der Waals surface area contributed by atoms with E-state index in [1.165, 1.54) is 0 Å². The molecule has 0 aromatic carbocycles. The Kier molecular flexibility index (Phi) is 5.03. The van der Waals surface area contributed by atoms with Crippen molar-refractivity contribution in [2.75, 3.05) is 31.1 Å². The molecule has 1 aliphatic heterocycles. The van der Waals surface area contributed by atoms with Gasteiger partial charge in [0, 0.05) is 52.2 Å². The lowest BCUT2D eigenvalue weighted by atomic mass is 10.1. The maximum Gasteiger partial charge on any atom is 0.165 e. The molecule has 10 heteroatoms. The molecule has 4 heterocycles. The van der Waals surface area contributed by atoms with Gasteiger partial charge in [0.05, 0.1) is 17.0 Å². The monoisotopic (exact) mass is 423 g/mol. The Balaban J connectivity index is 1.34. The van der Waals surface area contributed by atoms with Crippen LogP contribution in [-0.2, 0) is 14.1 Å². The molecule has 5 rings (SSSR count). The number of allylic oxidation sites excluding steroid dienone is 2. The quantitative estimate of drug-likeness (QED) is 0.644. The highest BCUT2D eigenvalue weighted by Crippen LogP contribution is 2.30. The molecule has 0 amide bonds. The maximum absolute atomic E-state index is 8.15. The molecule has 3 aromatic rings. The number of rotatable bonds is 4. The molecule has 1 aliphatic carbocycles. The van der Waals surface area contributed by atoms with Crippen LogP contribution in [-0.4, -0.2) is 70.7 Å². The summed E-state index contributed by atoms with van der Waals surface area (Å²) in [5.41, 5.74) is 3.37. The predicted octanol–water partition coefficient (Wildman–Crippen LogP) is 2.27. The summed E-state index contributed by atoms with van der Waals surface area (Å²) in [5.74, 6) is 1.74. The van der Waals surface area contributed by atoms with E-state index in [1.807, 2.05) is 49.1 Å². The van der Waals surface area contributed by atoms with E-state index in [-0.39, 0.29) is 5.25 Å². The zero-order valence-electron chi connectivity index (χ0n) is 17.2. The van der Waals surface area contributed by atoms with E-state index in [0.29, 0.717) is 0 Å². The van der Waals surface area contributed by atoms with E-state index < -0.39 is 0 Å². The second-order valence-corrected chi connectivity index (χ2v) is 9.01. The molecule has 1 atom stereocenters. The summed E-state index contributed by atoms with van der Waals surface area (Å²) in [7, 11) is 3.89. The van der Waals surface area contributed by atoms with Crippen LogP contribution in [0.25, 0.3) is 22.6 Å². The SMILES string of the molecule is Cn1cc(-c2nc3c(N4CCN(SC5CCC=CC5=N)CC4)ncnc3n2C)cn1. The summed E-state index contributed by atoms with van der Waals surface area (Å²) in [6.07, 6.45) is 11.6. The number of fused-ring (bicyclic) bond motifs is 1. The Morgan fingerprint density at radius 3 is 2.70 bits per heavy atom. The summed E-state index contributed by atoms with van der Waals surface area (Å²) in [6.45, 7) is 3.64. The normalized spacial score (nSPS) is 20.4. The smallest absolute Gasteiger partial charge is 0.165 e. The highest BCUT2D eigenvalue weighted by Gasteiger charge is 2.26. The van der Waals surface area contributed by atoms with Gasteiger partial charge in [-0.15, -0.1) is 0 Å². The van der Waals surface area contributed by atoms with E-state index in [2.05, 4.69) is 30.3 Å². The largest absolute Gasteiger partial charge is 0.352 e. The minimum Gasteiger partial charge on any atom is -0.352 e. The van der Waals surface area contributed by atoms with Gasteiger partial charge in [-0.05, 0) is 18.9 Å². The Bertz CT molecular complexity index is 1110. The predicted molar refractivity (Wildman–Crippen MR) is 120 cm³/mol. The van der Waals surface area contributed by atoms with Crippen LogP contribution in [0.1, 0.15) is 12.8 Å². The van der Waals surface area contributed by atoms with Crippen LogP contribution < -0.4 is 4.90 Å². The molecular weight excluding hydrogens is 398 g/mol. The lowest BCUT2D eigenvalue weighted by molar-refractivity contribution is 0.427. The van der Waals surface area contributed by atoms with Crippen LogP contribution >= 0.6 is 11.9 Å². The van der Waals surface area contributed by atoms with Gasteiger partial charge in [-0.25, -0.2) is 19.3 Å². The fraction of sp³-hybridized carbons (Fsp3) is 0.450. The first-order chi connectivity index (χ1) is 14.6. The molecule has 30 heavy (non-hydrogen) atoms. The van der Waals surface area contributed by atoms with Gasteiger partial charge in [-0.2, -0.15) is 5.10 Å². The fourth-order valence-corrected chi connectivity index (χ4v) is 5.20. The Morgan fingerprint density at radius 1 is 1.13 bits per heavy atom. The zero-order valence-corrected chi connectivity index (χ0v) is 18.0. The Hall–Kier alpha value is -2.72. The fourth-order valence-electron chi connectivity index (χ4n) is 4.03. The summed E-state index contributed by atoms with van der Waals surface area (Å²) >= 11 is 1.83. The van der Waals surface area contributed by atoms with Gasteiger partial charge in [-0.3, -0.25) is 4.68 Å². The third kappa shape index (κ3) is 3.50. The van der Waals surface area contributed by atoms with Crippen molar-refractivity contribution in [3.8, 4) is 11.4 Å². The van der Waals surface area contributed by atoms with Crippen molar-refractivity contribution < 1.29 is 0 Å². The topological polar surface area (TPSA) is 91.8 Å². The molecule has 1 saturated heterocycles. The van der Waals surface area contributed by atoms with Crippen LogP contribution in [0, 0.1) is 5.41 Å². The summed E-state index contributed by atoms with van der Waals surface area (Å²) in [5, 5.41) is 12.7. The number of piperazine rings is 1. The second-order valence-electron chi connectivity index (χ2n) is 7.71. The van der Waals surface area contributed by atoms with Gasteiger partial charge >= 0.3 is 0 Å². The van der Waals surface area contributed by atoms with E-state index in [0.717, 1.165) is 73.1 Å². The molecule has 9 nitrogen and oxygen atoms in total. The number of nitrogens with one attached hydrogen (secondary N) is 1. The average molecular weight is 424 g/mol. The van der Waals surface area contributed by atoms with Crippen LogP contribution in [0.4, 0.5) is 5.82 Å². The minimum atomic E-state index is 0.283. The van der Waals surface area contributed by atoms with Crippen molar-refractivity contribution in [1.29, 1.82) is 5.41 Å². The van der Waals surface area contributed by atoms with Crippen molar-refractivity contribution in [1.82, 2.24) is 33.6 Å². The number of aryl methyl sites for hydroxylation is 2. The van der Waals surface area contributed by atoms with Crippen LogP contribution in [0.3, 0.4) is 0 Å².